The number of H-pyrrole nitrogens is 1. The molecule has 0 bridgehead atoms. The van der Waals surface area contributed by atoms with Gasteiger partial charge in [-0.25, -0.2) is 5.10 Å². The van der Waals surface area contributed by atoms with E-state index >= 15 is 0 Å². The van der Waals surface area contributed by atoms with Crippen molar-refractivity contribution in [3.63, 3.8) is 0 Å². The first-order valence-electron chi connectivity index (χ1n) is 7.29. The van der Waals surface area contributed by atoms with Crippen molar-refractivity contribution < 1.29 is 23.0 Å². The molecule has 0 amide bonds. The summed E-state index contributed by atoms with van der Waals surface area (Å²) < 4.78 is 39.7. The molecule has 0 saturated carbocycles. The van der Waals surface area contributed by atoms with Gasteiger partial charge in [0.2, 0.25) is 5.75 Å². The van der Waals surface area contributed by atoms with Crippen molar-refractivity contribution in [2.75, 3.05) is 14.2 Å². The Hall–Kier alpha value is -3.41. The topological polar surface area (TPSA) is 97.2 Å². The first-order valence-corrected chi connectivity index (χ1v) is 7.29. The molecule has 1 heterocycles. The number of nitriles is 1. The first-order chi connectivity index (χ1) is 12.4. The molecule has 1 aromatic carbocycles. The van der Waals surface area contributed by atoms with Crippen LogP contribution in [-0.2, 0) is 0 Å². The molecule has 9 heteroatoms. The van der Waals surface area contributed by atoms with E-state index in [1.807, 2.05) is 6.07 Å². The summed E-state index contributed by atoms with van der Waals surface area (Å²) >= 11 is 0. The van der Waals surface area contributed by atoms with Crippen molar-refractivity contribution in [2.24, 2.45) is 0 Å². The number of nitrogens with zero attached hydrogens (tertiary/aromatic N) is 2. The Morgan fingerprint density at radius 1 is 1.23 bits per heavy atom. The highest BCUT2D eigenvalue weighted by molar-refractivity contribution is 5.73. The second-order valence-corrected chi connectivity index (χ2v) is 5.02. The van der Waals surface area contributed by atoms with Crippen LogP contribution in [0.25, 0.3) is 12.2 Å². The Morgan fingerprint density at radius 3 is 2.35 bits per heavy atom. The fourth-order valence-electron chi connectivity index (χ4n) is 2.22. The fourth-order valence-corrected chi connectivity index (χ4v) is 2.22. The Bertz CT molecular complexity index is 908. The number of ether oxygens (including phenoxy) is 3. The molecular formula is C17H15F2N3O4. The van der Waals surface area contributed by atoms with Crippen molar-refractivity contribution in [3.05, 3.63) is 44.9 Å². The molecule has 0 unspecified atom stereocenters. The number of hydrogen-bond acceptors (Lipinski definition) is 6. The third kappa shape index (κ3) is 3.97. The summed E-state index contributed by atoms with van der Waals surface area (Å²) in [5.41, 5.74) is 0.747. The number of rotatable bonds is 6. The van der Waals surface area contributed by atoms with E-state index in [4.69, 9.17) is 14.7 Å². The van der Waals surface area contributed by atoms with Gasteiger partial charge < -0.3 is 14.2 Å². The summed E-state index contributed by atoms with van der Waals surface area (Å²) in [7, 11) is 2.63. The molecule has 0 spiro atoms. The van der Waals surface area contributed by atoms with Crippen molar-refractivity contribution in [1.29, 1.82) is 5.26 Å². The number of benzene rings is 1. The molecule has 26 heavy (non-hydrogen) atoms. The van der Waals surface area contributed by atoms with Crippen LogP contribution in [-0.4, -0.2) is 31.0 Å². The van der Waals surface area contributed by atoms with Gasteiger partial charge in [-0.15, -0.1) is 0 Å². The Labute approximate surface area is 147 Å². The smallest absolute Gasteiger partial charge is 0.387 e. The van der Waals surface area contributed by atoms with Crippen LogP contribution in [0.3, 0.4) is 0 Å². The van der Waals surface area contributed by atoms with Crippen LogP contribution in [0.15, 0.2) is 16.9 Å². The van der Waals surface area contributed by atoms with Gasteiger partial charge in [0.25, 0.3) is 5.56 Å². The predicted octanol–water partition coefficient (Wildman–Crippen LogP) is 2.74. The number of hydrogen-bond donors (Lipinski definition) is 1. The van der Waals surface area contributed by atoms with Gasteiger partial charge in [-0.2, -0.15) is 19.1 Å². The van der Waals surface area contributed by atoms with E-state index < -0.39 is 12.2 Å². The zero-order chi connectivity index (χ0) is 19.3. The average molecular weight is 363 g/mol. The molecule has 136 valence electrons. The number of aromatic amines is 1. The quantitative estimate of drug-likeness (QED) is 0.848. The minimum Gasteiger partial charge on any atom is -0.493 e. The number of methoxy groups -OCH3 is 2. The average Bonchev–Trinajstić information content (AvgIpc) is 2.61. The van der Waals surface area contributed by atoms with E-state index in [1.54, 1.807) is 19.1 Å². The lowest BCUT2D eigenvalue weighted by molar-refractivity contribution is -0.0526. The zero-order valence-corrected chi connectivity index (χ0v) is 14.2. The Morgan fingerprint density at radius 2 is 1.85 bits per heavy atom. The minimum atomic E-state index is -3.03. The monoisotopic (exact) mass is 363 g/mol. The summed E-state index contributed by atoms with van der Waals surface area (Å²) in [5, 5.41) is 15.1. The molecule has 0 aliphatic carbocycles. The van der Waals surface area contributed by atoms with Crippen LogP contribution in [0.2, 0.25) is 0 Å². The maximum absolute atomic E-state index is 12.6. The van der Waals surface area contributed by atoms with Gasteiger partial charge in [-0.3, -0.25) is 4.79 Å². The van der Waals surface area contributed by atoms with Gasteiger partial charge in [0, 0.05) is 0 Å². The Balaban J connectivity index is 2.46. The molecule has 7 nitrogen and oxygen atoms in total. The summed E-state index contributed by atoms with van der Waals surface area (Å²) in [6, 6.07) is 4.77. The summed E-state index contributed by atoms with van der Waals surface area (Å²) in [6.07, 6.45) is 3.17. The highest BCUT2D eigenvalue weighted by Crippen LogP contribution is 2.39. The standard InChI is InChI=1S/C17H15F2N3O4/c1-9-11(8-20)16(23)22-21-12(9)5-4-10-6-13(24-2)15(26-17(18)19)14(7-10)25-3/h4-7,17H,1-3H3,(H,22,23)/b5-4+. The normalized spacial score (nSPS) is 10.8. The molecule has 0 aliphatic rings. The number of alkyl halides is 2. The molecule has 0 atom stereocenters. The largest absolute Gasteiger partial charge is 0.493 e. The third-order valence-electron chi connectivity index (χ3n) is 3.50. The summed E-state index contributed by atoms with van der Waals surface area (Å²) in [4.78, 5) is 11.5. The minimum absolute atomic E-state index is 0.0320. The molecule has 2 rings (SSSR count). The van der Waals surface area contributed by atoms with Crippen LogP contribution < -0.4 is 19.8 Å². The van der Waals surface area contributed by atoms with Gasteiger partial charge in [-0.05, 0) is 36.3 Å². The predicted molar refractivity (Wildman–Crippen MR) is 89.4 cm³/mol. The number of nitrogens with one attached hydrogen (secondary N) is 1. The van der Waals surface area contributed by atoms with Crippen molar-refractivity contribution in [1.82, 2.24) is 10.2 Å². The number of halogens is 2. The fraction of sp³-hybridized carbons (Fsp3) is 0.235. The zero-order valence-electron chi connectivity index (χ0n) is 14.2. The molecule has 1 aromatic heterocycles. The van der Waals surface area contributed by atoms with Crippen molar-refractivity contribution in [3.8, 4) is 23.3 Å². The lowest BCUT2D eigenvalue weighted by atomic mass is 10.1. The first kappa shape index (κ1) is 18.9. The molecule has 2 aromatic rings. The second-order valence-electron chi connectivity index (χ2n) is 5.02. The van der Waals surface area contributed by atoms with E-state index in [0.717, 1.165) is 0 Å². The van der Waals surface area contributed by atoms with Crippen LogP contribution in [0.5, 0.6) is 17.2 Å². The van der Waals surface area contributed by atoms with Gasteiger partial charge in [0.1, 0.15) is 11.6 Å². The van der Waals surface area contributed by atoms with Gasteiger partial charge in [-0.1, -0.05) is 6.08 Å². The Kier molecular flexibility index (Phi) is 5.90. The SMILES string of the molecule is COc1cc(/C=C/c2n[nH]c(=O)c(C#N)c2C)cc(OC)c1OC(F)F. The van der Waals surface area contributed by atoms with Gasteiger partial charge in [0.05, 0.1) is 19.9 Å². The second kappa shape index (κ2) is 8.11. The maximum Gasteiger partial charge on any atom is 0.387 e. The van der Waals surface area contributed by atoms with Gasteiger partial charge in [0.15, 0.2) is 11.5 Å². The van der Waals surface area contributed by atoms with Crippen molar-refractivity contribution >= 4 is 12.2 Å². The van der Waals surface area contributed by atoms with E-state index in [9.17, 15) is 13.6 Å². The third-order valence-corrected chi connectivity index (χ3v) is 3.50. The van der Waals surface area contributed by atoms with E-state index in [2.05, 4.69) is 14.9 Å². The molecule has 0 aliphatic heterocycles. The van der Waals surface area contributed by atoms with Crippen molar-refractivity contribution in [2.45, 2.75) is 13.5 Å². The molecule has 0 saturated heterocycles. The lowest BCUT2D eigenvalue weighted by Gasteiger charge is -2.14. The summed E-state index contributed by atoms with van der Waals surface area (Å²) in [6.45, 7) is -1.43. The van der Waals surface area contributed by atoms with Crippen LogP contribution in [0.1, 0.15) is 22.4 Å². The van der Waals surface area contributed by atoms with Crippen LogP contribution in [0, 0.1) is 18.3 Å². The molecular weight excluding hydrogens is 348 g/mol. The summed E-state index contributed by atoms with van der Waals surface area (Å²) in [5.74, 6) is -0.0893. The lowest BCUT2D eigenvalue weighted by Crippen LogP contribution is -2.15. The highest BCUT2D eigenvalue weighted by atomic mass is 19.3. The van der Waals surface area contributed by atoms with E-state index in [0.29, 0.717) is 16.8 Å². The highest BCUT2D eigenvalue weighted by Gasteiger charge is 2.17. The molecule has 1 N–H and O–H groups in total. The van der Waals surface area contributed by atoms with E-state index in [1.165, 1.54) is 26.4 Å². The molecule has 0 radical (unpaired) electrons. The number of aromatic nitrogens is 2. The maximum atomic E-state index is 12.6. The van der Waals surface area contributed by atoms with Crippen LogP contribution >= 0.6 is 0 Å². The van der Waals surface area contributed by atoms with E-state index in [-0.39, 0.29) is 22.8 Å². The van der Waals surface area contributed by atoms with Gasteiger partial charge >= 0.3 is 6.61 Å². The molecule has 0 fully saturated rings. The van der Waals surface area contributed by atoms with Crippen LogP contribution in [0.4, 0.5) is 8.78 Å².